The van der Waals surface area contributed by atoms with Crippen LogP contribution < -0.4 is 10.6 Å². The van der Waals surface area contributed by atoms with Crippen molar-refractivity contribution < 1.29 is 22.4 Å². The minimum atomic E-state index is -4.41. The fraction of sp³-hybridized carbons (Fsp3) is 0.409. The molecule has 36 heavy (non-hydrogen) atoms. The van der Waals surface area contributed by atoms with E-state index < -0.39 is 24.9 Å². The van der Waals surface area contributed by atoms with Crippen LogP contribution in [-0.4, -0.2) is 78.5 Å². The van der Waals surface area contributed by atoms with Gasteiger partial charge in [-0.25, -0.2) is 18.9 Å². The van der Waals surface area contributed by atoms with Crippen LogP contribution in [0.4, 0.5) is 29.3 Å². The maximum Gasteiger partial charge on any atom is 0.406 e. The molecule has 4 aromatic rings. The van der Waals surface area contributed by atoms with Gasteiger partial charge in [-0.05, 0) is 24.6 Å². The number of amides is 1. The van der Waals surface area contributed by atoms with E-state index in [-0.39, 0.29) is 24.0 Å². The first-order valence-electron chi connectivity index (χ1n) is 11.2. The summed E-state index contributed by atoms with van der Waals surface area (Å²) >= 11 is 0. The summed E-state index contributed by atoms with van der Waals surface area (Å²) in [5.41, 5.74) is 2.04. The number of anilines is 2. The van der Waals surface area contributed by atoms with E-state index in [1.807, 2.05) is 0 Å². The van der Waals surface area contributed by atoms with Crippen molar-refractivity contribution in [2.75, 3.05) is 30.8 Å². The lowest BCUT2D eigenvalue weighted by atomic mass is 10.0. The van der Waals surface area contributed by atoms with E-state index in [1.165, 1.54) is 11.8 Å². The standard InChI is InChI=1S/C22H23F4N9O/c1-12(36)33-7-6-16(14(23)9-33)30-21-31-19(27-2)18-13(5-8-35(18)32-21)15-3-4-17-20(29-15)34(11-28-17)10-22(24,25)26/h3-5,8,11,14,16H,6-7,9-10H2,1-2H3,(H2,27,30,31,32). The Bertz CT molecular complexity index is 1430. The van der Waals surface area contributed by atoms with Crippen molar-refractivity contribution in [2.45, 2.75) is 38.3 Å². The number of carbonyl (C=O) groups is 1. The third-order valence-corrected chi connectivity index (χ3v) is 6.14. The molecule has 1 saturated heterocycles. The third kappa shape index (κ3) is 4.50. The van der Waals surface area contributed by atoms with Crippen LogP contribution in [0.3, 0.4) is 0 Å². The molecule has 0 spiro atoms. The summed E-state index contributed by atoms with van der Waals surface area (Å²) < 4.78 is 56.1. The molecule has 1 aliphatic rings. The Hall–Kier alpha value is -3.97. The van der Waals surface area contributed by atoms with Crippen molar-refractivity contribution in [1.29, 1.82) is 0 Å². The summed E-state index contributed by atoms with van der Waals surface area (Å²) in [7, 11) is 1.67. The first-order valence-corrected chi connectivity index (χ1v) is 11.2. The molecular weight excluding hydrogens is 482 g/mol. The largest absolute Gasteiger partial charge is 0.406 e. The lowest BCUT2D eigenvalue weighted by Crippen LogP contribution is -2.49. The molecule has 0 aliphatic carbocycles. The number of fused-ring (bicyclic) bond motifs is 2. The van der Waals surface area contributed by atoms with E-state index >= 15 is 0 Å². The van der Waals surface area contributed by atoms with E-state index in [0.717, 1.165) is 10.9 Å². The quantitative estimate of drug-likeness (QED) is 0.402. The van der Waals surface area contributed by atoms with Crippen LogP contribution in [0.15, 0.2) is 30.7 Å². The topological polar surface area (TPSA) is 105 Å². The summed E-state index contributed by atoms with van der Waals surface area (Å²) in [5, 5.41) is 10.5. The molecule has 2 N–H and O–H groups in total. The van der Waals surface area contributed by atoms with Gasteiger partial charge in [0.25, 0.3) is 0 Å². The highest BCUT2D eigenvalue weighted by Gasteiger charge is 2.31. The van der Waals surface area contributed by atoms with Crippen molar-refractivity contribution in [3.05, 3.63) is 30.7 Å². The molecule has 0 saturated carbocycles. The smallest absolute Gasteiger partial charge is 0.371 e. The second-order valence-electron chi connectivity index (χ2n) is 8.60. The Balaban J connectivity index is 1.47. The summed E-state index contributed by atoms with van der Waals surface area (Å²) in [6.07, 6.45) is -2.50. The third-order valence-electron chi connectivity index (χ3n) is 6.14. The summed E-state index contributed by atoms with van der Waals surface area (Å²) in [6.45, 7) is 0.649. The van der Waals surface area contributed by atoms with E-state index in [9.17, 15) is 22.4 Å². The van der Waals surface area contributed by atoms with Crippen LogP contribution in [0.1, 0.15) is 13.3 Å². The minimum Gasteiger partial charge on any atom is -0.371 e. The van der Waals surface area contributed by atoms with E-state index in [1.54, 1.807) is 36.0 Å². The van der Waals surface area contributed by atoms with E-state index in [0.29, 0.717) is 41.1 Å². The lowest BCUT2D eigenvalue weighted by molar-refractivity contribution is -0.140. The number of aromatic nitrogens is 6. The highest BCUT2D eigenvalue weighted by molar-refractivity contribution is 5.89. The number of carbonyl (C=O) groups excluding carboxylic acids is 1. The Labute approximate surface area is 202 Å². The number of nitrogens with one attached hydrogen (secondary N) is 2. The molecule has 2 atom stereocenters. The van der Waals surface area contributed by atoms with Crippen molar-refractivity contribution >= 4 is 34.4 Å². The number of alkyl halides is 4. The predicted octanol–water partition coefficient (Wildman–Crippen LogP) is 3.12. The zero-order valence-corrected chi connectivity index (χ0v) is 19.4. The maximum absolute atomic E-state index is 14.7. The molecule has 1 fully saturated rings. The van der Waals surface area contributed by atoms with Gasteiger partial charge in [0.1, 0.15) is 23.7 Å². The van der Waals surface area contributed by atoms with Crippen molar-refractivity contribution in [3.63, 3.8) is 0 Å². The fourth-order valence-corrected chi connectivity index (χ4v) is 4.38. The molecule has 14 heteroatoms. The zero-order valence-electron chi connectivity index (χ0n) is 19.4. The number of hydrogen-bond acceptors (Lipinski definition) is 7. The van der Waals surface area contributed by atoms with Gasteiger partial charge in [0, 0.05) is 32.3 Å². The number of nitrogens with zero attached hydrogens (tertiary/aromatic N) is 7. The maximum atomic E-state index is 14.7. The fourth-order valence-electron chi connectivity index (χ4n) is 4.38. The van der Waals surface area contributed by atoms with Gasteiger partial charge in [-0.3, -0.25) is 4.79 Å². The Morgan fingerprint density at radius 3 is 2.72 bits per heavy atom. The number of pyridine rings is 1. The van der Waals surface area contributed by atoms with Crippen LogP contribution >= 0.6 is 0 Å². The number of rotatable bonds is 5. The van der Waals surface area contributed by atoms with Gasteiger partial charge in [-0.15, -0.1) is 5.10 Å². The normalized spacial score (nSPS) is 18.7. The molecule has 0 bridgehead atoms. The number of imidazole rings is 1. The second-order valence-corrected chi connectivity index (χ2v) is 8.60. The van der Waals surface area contributed by atoms with E-state index in [2.05, 4.69) is 30.7 Å². The Morgan fingerprint density at radius 2 is 2.03 bits per heavy atom. The number of piperidine rings is 1. The molecule has 5 rings (SSSR count). The van der Waals surface area contributed by atoms with Crippen LogP contribution in [-0.2, 0) is 11.3 Å². The van der Waals surface area contributed by atoms with Gasteiger partial charge in [0.15, 0.2) is 11.5 Å². The average molecular weight is 505 g/mol. The molecule has 190 valence electrons. The molecular formula is C22H23F4N9O. The molecule has 4 aromatic heterocycles. The first-order chi connectivity index (χ1) is 17.1. The zero-order chi connectivity index (χ0) is 25.6. The predicted molar refractivity (Wildman–Crippen MR) is 124 cm³/mol. The molecule has 1 amide bonds. The van der Waals surface area contributed by atoms with Gasteiger partial charge >= 0.3 is 6.18 Å². The van der Waals surface area contributed by atoms with Crippen molar-refractivity contribution in [1.82, 2.24) is 34.0 Å². The minimum absolute atomic E-state index is 0.000859. The monoisotopic (exact) mass is 505 g/mol. The van der Waals surface area contributed by atoms with Crippen LogP contribution in [0.2, 0.25) is 0 Å². The van der Waals surface area contributed by atoms with Crippen LogP contribution in [0.5, 0.6) is 0 Å². The SMILES string of the molecule is CNc1nc(NC2CCN(C(C)=O)CC2F)nn2ccc(-c3ccc4ncn(CC(F)(F)F)c4n3)c12. The number of halogens is 4. The van der Waals surface area contributed by atoms with Gasteiger partial charge in [0.2, 0.25) is 11.9 Å². The van der Waals surface area contributed by atoms with Crippen LogP contribution in [0.25, 0.3) is 27.9 Å². The van der Waals surface area contributed by atoms with Gasteiger partial charge < -0.3 is 20.1 Å². The van der Waals surface area contributed by atoms with Gasteiger partial charge in [0.05, 0.1) is 24.6 Å². The first kappa shape index (κ1) is 23.8. The lowest BCUT2D eigenvalue weighted by Gasteiger charge is -2.34. The number of hydrogen-bond donors (Lipinski definition) is 2. The average Bonchev–Trinajstić information content (AvgIpc) is 3.42. The van der Waals surface area contributed by atoms with Gasteiger partial charge in [-0.1, -0.05) is 0 Å². The highest BCUT2D eigenvalue weighted by Crippen LogP contribution is 2.31. The van der Waals surface area contributed by atoms with Crippen molar-refractivity contribution in [3.8, 4) is 11.3 Å². The van der Waals surface area contributed by atoms with Crippen molar-refractivity contribution in [2.24, 2.45) is 0 Å². The molecule has 1 aliphatic heterocycles. The molecule has 0 radical (unpaired) electrons. The Morgan fingerprint density at radius 1 is 1.22 bits per heavy atom. The summed E-state index contributed by atoms with van der Waals surface area (Å²) in [6, 6.07) is 4.45. The van der Waals surface area contributed by atoms with E-state index in [4.69, 9.17) is 0 Å². The molecule has 10 nitrogen and oxygen atoms in total. The second kappa shape index (κ2) is 8.91. The van der Waals surface area contributed by atoms with Crippen LogP contribution in [0, 0.1) is 0 Å². The Kier molecular flexibility index (Phi) is 5.88. The molecule has 5 heterocycles. The molecule has 0 aromatic carbocycles. The highest BCUT2D eigenvalue weighted by atomic mass is 19.4. The summed E-state index contributed by atoms with van der Waals surface area (Å²) in [5.74, 6) is 0.457. The molecule has 2 unspecified atom stereocenters. The number of likely N-dealkylation sites (tertiary alicyclic amines) is 1. The van der Waals surface area contributed by atoms with Gasteiger partial charge in [-0.2, -0.15) is 18.2 Å². The summed E-state index contributed by atoms with van der Waals surface area (Å²) in [4.78, 5) is 25.9.